The summed E-state index contributed by atoms with van der Waals surface area (Å²) in [5.41, 5.74) is 6.19. The van der Waals surface area contributed by atoms with E-state index in [2.05, 4.69) is 20.8 Å². The fourth-order valence-electron chi connectivity index (χ4n) is 1.42. The molecule has 0 radical (unpaired) electrons. The molecule has 0 bridgehead atoms. The molecule has 4 heteroatoms. The van der Waals surface area contributed by atoms with Crippen LogP contribution in [0.3, 0.4) is 0 Å². The lowest BCUT2D eigenvalue weighted by molar-refractivity contribution is 0.284. The summed E-state index contributed by atoms with van der Waals surface area (Å²) in [6.07, 6.45) is 0. The molecule has 0 aromatic heterocycles. The first-order chi connectivity index (χ1) is 7.17. The zero-order valence-corrected chi connectivity index (χ0v) is 10.4. The average Bonchev–Trinajstić information content (AvgIpc) is 2.21. The highest BCUT2D eigenvalue weighted by Gasteiger charge is 2.07. The van der Waals surface area contributed by atoms with Gasteiger partial charge in [0.2, 0.25) is 0 Å². The van der Waals surface area contributed by atoms with Gasteiger partial charge in [0.05, 0.1) is 0 Å². The van der Waals surface area contributed by atoms with E-state index in [4.69, 9.17) is 5.73 Å². The largest absolute Gasteiger partial charge is 0.329 e. The lowest BCUT2D eigenvalue weighted by Gasteiger charge is -2.19. The van der Waals surface area contributed by atoms with Crippen LogP contribution in [0.15, 0.2) is 22.7 Å². The Balaban J connectivity index is 2.70. The van der Waals surface area contributed by atoms with Crippen molar-refractivity contribution in [1.82, 2.24) is 4.90 Å². The maximum absolute atomic E-state index is 13.5. The molecule has 84 valence electrons. The number of likely N-dealkylation sites (N-methyl/N-ethyl adjacent to an activating group) is 1. The van der Waals surface area contributed by atoms with Gasteiger partial charge in [-0.3, -0.25) is 4.90 Å². The predicted molar refractivity (Wildman–Crippen MR) is 64.1 cm³/mol. The third-order valence-corrected chi connectivity index (χ3v) is 2.79. The molecule has 1 aromatic rings. The minimum Gasteiger partial charge on any atom is -0.329 e. The van der Waals surface area contributed by atoms with E-state index in [1.54, 1.807) is 6.07 Å². The number of nitrogens with two attached hydrogens (primary N) is 1. The molecule has 0 heterocycles. The lowest BCUT2D eigenvalue weighted by Crippen LogP contribution is -2.29. The minimum absolute atomic E-state index is 0.167. The molecule has 0 aliphatic rings. The zero-order valence-electron chi connectivity index (χ0n) is 8.84. The molecule has 0 amide bonds. The van der Waals surface area contributed by atoms with Crippen molar-refractivity contribution >= 4 is 15.9 Å². The molecule has 2 N–H and O–H groups in total. The van der Waals surface area contributed by atoms with E-state index < -0.39 is 0 Å². The summed E-state index contributed by atoms with van der Waals surface area (Å²) in [6, 6.07) is 5.15. The monoisotopic (exact) mass is 274 g/mol. The van der Waals surface area contributed by atoms with Gasteiger partial charge in [-0.25, -0.2) is 4.39 Å². The molecule has 1 rings (SSSR count). The van der Waals surface area contributed by atoms with Crippen LogP contribution in [0.1, 0.15) is 12.5 Å². The Kier molecular flexibility index (Phi) is 5.22. The van der Waals surface area contributed by atoms with Gasteiger partial charge in [-0.15, -0.1) is 0 Å². The smallest absolute Gasteiger partial charge is 0.128 e. The summed E-state index contributed by atoms with van der Waals surface area (Å²) in [5, 5.41) is 0. The first-order valence-electron chi connectivity index (χ1n) is 5.03. The van der Waals surface area contributed by atoms with Crippen molar-refractivity contribution in [2.45, 2.75) is 13.5 Å². The second-order valence-electron chi connectivity index (χ2n) is 3.39. The van der Waals surface area contributed by atoms with Gasteiger partial charge in [-0.1, -0.05) is 28.9 Å². The van der Waals surface area contributed by atoms with E-state index >= 15 is 0 Å². The second-order valence-corrected chi connectivity index (χ2v) is 4.31. The molecule has 2 nitrogen and oxygen atoms in total. The summed E-state index contributed by atoms with van der Waals surface area (Å²) < 4.78 is 14.3. The highest BCUT2D eigenvalue weighted by molar-refractivity contribution is 9.10. The van der Waals surface area contributed by atoms with Crippen molar-refractivity contribution in [2.24, 2.45) is 5.73 Å². The topological polar surface area (TPSA) is 29.3 Å². The highest BCUT2D eigenvalue weighted by atomic mass is 79.9. The van der Waals surface area contributed by atoms with E-state index in [9.17, 15) is 4.39 Å². The van der Waals surface area contributed by atoms with E-state index in [-0.39, 0.29) is 5.82 Å². The molecule has 0 saturated carbocycles. The maximum Gasteiger partial charge on any atom is 0.128 e. The predicted octanol–water partition coefficient (Wildman–Crippen LogP) is 2.37. The van der Waals surface area contributed by atoms with Crippen LogP contribution >= 0.6 is 15.9 Å². The van der Waals surface area contributed by atoms with E-state index in [1.165, 1.54) is 6.07 Å². The van der Waals surface area contributed by atoms with Crippen LogP contribution in [0.4, 0.5) is 4.39 Å². The number of halogens is 2. The van der Waals surface area contributed by atoms with Crippen LogP contribution in [0.25, 0.3) is 0 Å². The van der Waals surface area contributed by atoms with Gasteiger partial charge in [-0.2, -0.15) is 0 Å². The van der Waals surface area contributed by atoms with Crippen LogP contribution in [-0.2, 0) is 6.54 Å². The van der Waals surface area contributed by atoms with Gasteiger partial charge in [0.25, 0.3) is 0 Å². The fourth-order valence-corrected chi connectivity index (χ4v) is 1.76. The second kappa shape index (κ2) is 6.20. The third-order valence-electron chi connectivity index (χ3n) is 2.30. The quantitative estimate of drug-likeness (QED) is 0.894. The van der Waals surface area contributed by atoms with Gasteiger partial charge in [-0.05, 0) is 18.7 Å². The Labute approximate surface area is 98.4 Å². The highest BCUT2D eigenvalue weighted by Crippen LogP contribution is 2.16. The molecular weight excluding hydrogens is 259 g/mol. The SMILES string of the molecule is CCN(CCN)Cc1ccc(Br)cc1F. The van der Waals surface area contributed by atoms with Crippen molar-refractivity contribution in [1.29, 1.82) is 0 Å². The van der Waals surface area contributed by atoms with Crippen molar-refractivity contribution in [2.75, 3.05) is 19.6 Å². The molecule has 0 unspecified atom stereocenters. The number of benzene rings is 1. The van der Waals surface area contributed by atoms with Crippen LogP contribution in [0.5, 0.6) is 0 Å². The molecule has 0 aliphatic heterocycles. The van der Waals surface area contributed by atoms with Crippen molar-refractivity contribution in [3.05, 3.63) is 34.1 Å². The molecule has 0 fully saturated rings. The lowest BCUT2D eigenvalue weighted by atomic mass is 10.2. The zero-order chi connectivity index (χ0) is 11.3. The fraction of sp³-hybridized carbons (Fsp3) is 0.455. The van der Waals surface area contributed by atoms with Gasteiger partial charge in [0.15, 0.2) is 0 Å². The molecular formula is C11H16BrFN2. The molecule has 0 saturated heterocycles. The molecule has 1 aromatic carbocycles. The first kappa shape index (κ1) is 12.6. The number of rotatable bonds is 5. The Bertz CT molecular complexity index is 317. The van der Waals surface area contributed by atoms with Gasteiger partial charge in [0.1, 0.15) is 5.82 Å². The van der Waals surface area contributed by atoms with Crippen molar-refractivity contribution < 1.29 is 4.39 Å². The van der Waals surface area contributed by atoms with Crippen LogP contribution < -0.4 is 5.73 Å². The van der Waals surface area contributed by atoms with Gasteiger partial charge < -0.3 is 5.73 Å². The van der Waals surface area contributed by atoms with Crippen molar-refractivity contribution in [3.8, 4) is 0 Å². The average molecular weight is 275 g/mol. The standard InChI is InChI=1S/C11H16BrFN2/c1-2-15(6-5-14)8-9-3-4-10(12)7-11(9)13/h3-4,7H,2,5-6,8,14H2,1H3. The molecule has 0 spiro atoms. The minimum atomic E-state index is -0.167. The summed E-state index contributed by atoms with van der Waals surface area (Å²) in [6.45, 7) is 4.95. The summed E-state index contributed by atoms with van der Waals surface area (Å²) in [5.74, 6) is -0.167. The summed E-state index contributed by atoms with van der Waals surface area (Å²) >= 11 is 3.24. The van der Waals surface area contributed by atoms with E-state index in [0.29, 0.717) is 18.7 Å². The van der Waals surface area contributed by atoms with E-state index in [1.807, 2.05) is 13.0 Å². The van der Waals surface area contributed by atoms with Crippen LogP contribution in [0.2, 0.25) is 0 Å². The Morgan fingerprint density at radius 2 is 2.20 bits per heavy atom. The molecule has 0 atom stereocenters. The summed E-state index contributed by atoms with van der Waals surface area (Å²) in [7, 11) is 0. The normalized spacial score (nSPS) is 11.0. The van der Waals surface area contributed by atoms with Gasteiger partial charge >= 0.3 is 0 Å². The number of nitrogens with zero attached hydrogens (tertiary/aromatic N) is 1. The Hall–Kier alpha value is -0.450. The molecule has 15 heavy (non-hydrogen) atoms. The van der Waals surface area contributed by atoms with Crippen LogP contribution in [-0.4, -0.2) is 24.5 Å². The molecule has 0 aliphatic carbocycles. The number of hydrogen-bond acceptors (Lipinski definition) is 2. The van der Waals surface area contributed by atoms with Gasteiger partial charge in [0, 0.05) is 29.7 Å². The Morgan fingerprint density at radius 3 is 2.73 bits per heavy atom. The van der Waals surface area contributed by atoms with Crippen LogP contribution in [0, 0.1) is 5.82 Å². The Morgan fingerprint density at radius 1 is 1.47 bits per heavy atom. The van der Waals surface area contributed by atoms with E-state index in [0.717, 1.165) is 17.6 Å². The summed E-state index contributed by atoms with van der Waals surface area (Å²) in [4.78, 5) is 2.12. The number of hydrogen-bond donors (Lipinski definition) is 1. The third kappa shape index (κ3) is 3.89. The van der Waals surface area contributed by atoms with Crippen molar-refractivity contribution in [3.63, 3.8) is 0 Å². The maximum atomic E-state index is 13.5. The first-order valence-corrected chi connectivity index (χ1v) is 5.83.